The van der Waals surface area contributed by atoms with Crippen LogP contribution in [-0.4, -0.2) is 9.97 Å². The highest BCUT2D eigenvalue weighted by Gasteiger charge is 2.15. The number of fused-ring (bicyclic) bond motifs is 1. The predicted octanol–water partition coefficient (Wildman–Crippen LogP) is 6.02. The number of aryl methyl sites for hydroxylation is 3. The van der Waals surface area contributed by atoms with Gasteiger partial charge < -0.3 is 9.72 Å². The molecule has 0 spiro atoms. The van der Waals surface area contributed by atoms with E-state index < -0.39 is 0 Å². The first-order valence-electron chi connectivity index (χ1n) is 8.04. The van der Waals surface area contributed by atoms with Crippen molar-refractivity contribution in [3.63, 3.8) is 0 Å². The van der Waals surface area contributed by atoms with Crippen molar-refractivity contribution in [1.82, 2.24) is 9.97 Å². The van der Waals surface area contributed by atoms with Gasteiger partial charge in [0.1, 0.15) is 12.1 Å². The summed E-state index contributed by atoms with van der Waals surface area (Å²) in [6, 6.07) is 5.50. The van der Waals surface area contributed by atoms with E-state index in [1.807, 2.05) is 18.3 Å². The summed E-state index contributed by atoms with van der Waals surface area (Å²) in [5, 5.41) is 2.30. The fraction of sp³-hybridized carbons (Fsp3) is 0.316. The molecule has 0 atom stereocenters. The molecule has 0 bridgehead atoms. The lowest BCUT2D eigenvalue weighted by Crippen LogP contribution is -1.99. The van der Waals surface area contributed by atoms with Crippen LogP contribution in [-0.2, 0) is 13.0 Å². The fourth-order valence-corrected chi connectivity index (χ4v) is 3.22. The molecule has 126 valence electrons. The number of pyridine rings is 1. The average Bonchev–Trinajstić information content (AvgIpc) is 2.86. The molecule has 1 N–H and O–H groups in total. The Kier molecular flexibility index (Phi) is 5.02. The van der Waals surface area contributed by atoms with Crippen molar-refractivity contribution in [2.75, 3.05) is 0 Å². The lowest BCUT2D eigenvalue weighted by molar-refractivity contribution is 0.297. The van der Waals surface area contributed by atoms with Crippen molar-refractivity contribution in [3.8, 4) is 5.88 Å². The number of aromatic nitrogens is 2. The smallest absolute Gasteiger partial charge is 0.238 e. The van der Waals surface area contributed by atoms with Crippen LogP contribution in [0.3, 0.4) is 0 Å². The molecule has 3 rings (SSSR count). The molecule has 0 saturated heterocycles. The molecule has 2 heterocycles. The van der Waals surface area contributed by atoms with Crippen molar-refractivity contribution in [2.24, 2.45) is 0 Å². The summed E-state index contributed by atoms with van der Waals surface area (Å²) in [6.45, 7) is 6.78. The van der Waals surface area contributed by atoms with Crippen LogP contribution in [0.4, 0.5) is 0 Å². The molecule has 0 unspecified atom stereocenters. The van der Waals surface area contributed by atoms with E-state index in [4.69, 9.17) is 27.9 Å². The van der Waals surface area contributed by atoms with Gasteiger partial charge in [0.25, 0.3) is 0 Å². The third kappa shape index (κ3) is 3.24. The SMILES string of the molecule is CCCc1cnc(OCc2ccc(Cl)c(Cl)c2)c2[nH]c(C)c(C)c12. The molecule has 2 aromatic heterocycles. The van der Waals surface area contributed by atoms with Gasteiger partial charge in [-0.25, -0.2) is 4.98 Å². The number of aromatic amines is 1. The number of ether oxygens (including phenoxy) is 1. The van der Waals surface area contributed by atoms with Crippen LogP contribution in [0, 0.1) is 13.8 Å². The minimum absolute atomic E-state index is 0.392. The van der Waals surface area contributed by atoms with Crippen LogP contribution in [0.15, 0.2) is 24.4 Å². The number of hydrogen-bond acceptors (Lipinski definition) is 2. The summed E-state index contributed by atoms with van der Waals surface area (Å²) in [7, 11) is 0. The molecule has 0 aliphatic heterocycles. The van der Waals surface area contributed by atoms with Crippen LogP contribution in [0.25, 0.3) is 10.9 Å². The molecule has 5 heteroatoms. The molecule has 0 amide bonds. The molecule has 0 aliphatic carbocycles. The predicted molar refractivity (Wildman–Crippen MR) is 100 cm³/mol. The number of H-pyrrole nitrogens is 1. The van der Waals surface area contributed by atoms with Gasteiger partial charge in [0.2, 0.25) is 5.88 Å². The highest BCUT2D eigenvalue weighted by Crippen LogP contribution is 2.32. The van der Waals surface area contributed by atoms with Crippen LogP contribution in [0.1, 0.15) is 35.7 Å². The second-order valence-electron chi connectivity index (χ2n) is 6.00. The highest BCUT2D eigenvalue weighted by atomic mass is 35.5. The minimum Gasteiger partial charge on any atom is -0.471 e. The third-order valence-corrected chi connectivity index (χ3v) is 4.99. The first kappa shape index (κ1) is 17.1. The van der Waals surface area contributed by atoms with E-state index in [1.165, 1.54) is 16.5 Å². The maximum atomic E-state index is 6.06. The van der Waals surface area contributed by atoms with Crippen LogP contribution in [0.5, 0.6) is 5.88 Å². The van der Waals surface area contributed by atoms with Crippen molar-refractivity contribution >= 4 is 34.1 Å². The summed E-state index contributed by atoms with van der Waals surface area (Å²) in [6.07, 6.45) is 4.02. The van der Waals surface area contributed by atoms with E-state index in [0.29, 0.717) is 22.5 Å². The molecule has 1 aromatic carbocycles. The summed E-state index contributed by atoms with van der Waals surface area (Å²) < 4.78 is 5.96. The lowest BCUT2D eigenvalue weighted by atomic mass is 10.0. The van der Waals surface area contributed by atoms with E-state index in [1.54, 1.807) is 6.07 Å². The lowest BCUT2D eigenvalue weighted by Gasteiger charge is -2.10. The average molecular weight is 363 g/mol. The molecule has 0 saturated carbocycles. The van der Waals surface area contributed by atoms with Crippen molar-refractivity contribution in [2.45, 2.75) is 40.2 Å². The Labute approximate surface area is 152 Å². The fourth-order valence-electron chi connectivity index (χ4n) is 2.90. The standard InChI is InChI=1S/C19H20Cl2N2O/c1-4-5-14-9-22-19(18-17(14)11(2)12(3)23-18)24-10-13-6-7-15(20)16(21)8-13/h6-9,23H,4-5,10H2,1-3H3. The van der Waals surface area contributed by atoms with Crippen LogP contribution in [0.2, 0.25) is 10.0 Å². The largest absolute Gasteiger partial charge is 0.471 e. The second-order valence-corrected chi connectivity index (χ2v) is 6.82. The summed E-state index contributed by atoms with van der Waals surface area (Å²) in [5.41, 5.74) is 5.59. The molecule has 3 nitrogen and oxygen atoms in total. The van der Waals surface area contributed by atoms with Gasteiger partial charge in [-0.05, 0) is 49.1 Å². The van der Waals surface area contributed by atoms with E-state index in [0.717, 1.165) is 29.6 Å². The number of nitrogens with one attached hydrogen (secondary N) is 1. The third-order valence-electron chi connectivity index (χ3n) is 4.25. The molecule has 24 heavy (non-hydrogen) atoms. The van der Waals surface area contributed by atoms with Gasteiger partial charge in [-0.15, -0.1) is 0 Å². The zero-order valence-corrected chi connectivity index (χ0v) is 15.6. The second kappa shape index (κ2) is 7.04. The highest BCUT2D eigenvalue weighted by molar-refractivity contribution is 6.42. The molecule has 0 radical (unpaired) electrons. The first-order chi connectivity index (χ1) is 11.5. The Morgan fingerprint density at radius 3 is 2.67 bits per heavy atom. The molecular formula is C19H20Cl2N2O. The number of nitrogens with zero attached hydrogens (tertiary/aromatic N) is 1. The number of benzene rings is 1. The Morgan fingerprint density at radius 1 is 1.17 bits per heavy atom. The van der Waals surface area contributed by atoms with Gasteiger partial charge in [0, 0.05) is 17.3 Å². The van der Waals surface area contributed by atoms with Gasteiger partial charge in [0.05, 0.1) is 10.0 Å². The van der Waals surface area contributed by atoms with E-state index in [-0.39, 0.29) is 0 Å². The van der Waals surface area contributed by atoms with Gasteiger partial charge >= 0.3 is 0 Å². The van der Waals surface area contributed by atoms with Gasteiger partial charge in [0.15, 0.2) is 0 Å². The number of halogens is 2. The summed E-state index contributed by atoms with van der Waals surface area (Å²) in [5.74, 6) is 0.618. The molecule has 3 aromatic rings. The van der Waals surface area contributed by atoms with Crippen LogP contribution < -0.4 is 4.74 Å². The quantitative estimate of drug-likeness (QED) is 0.602. The van der Waals surface area contributed by atoms with Crippen molar-refractivity contribution in [1.29, 1.82) is 0 Å². The van der Waals surface area contributed by atoms with Gasteiger partial charge in [-0.2, -0.15) is 0 Å². The number of rotatable bonds is 5. The van der Waals surface area contributed by atoms with Gasteiger partial charge in [-0.3, -0.25) is 0 Å². The zero-order valence-electron chi connectivity index (χ0n) is 14.0. The maximum absolute atomic E-state index is 6.06. The normalized spacial score (nSPS) is 11.2. The van der Waals surface area contributed by atoms with E-state index in [9.17, 15) is 0 Å². The molecule has 0 aliphatic rings. The maximum Gasteiger partial charge on any atom is 0.238 e. The van der Waals surface area contributed by atoms with Gasteiger partial charge in [-0.1, -0.05) is 42.6 Å². The van der Waals surface area contributed by atoms with Crippen molar-refractivity contribution < 1.29 is 4.74 Å². The van der Waals surface area contributed by atoms with Crippen molar-refractivity contribution in [3.05, 3.63) is 56.8 Å². The molecule has 0 fully saturated rings. The number of hydrogen-bond donors (Lipinski definition) is 1. The Bertz CT molecular complexity index is 887. The Balaban J connectivity index is 1.93. The first-order valence-corrected chi connectivity index (χ1v) is 8.80. The Hall–Kier alpha value is -1.71. The zero-order chi connectivity index (χ0) is 17.3. The Morgan fingerprint density at radius 2 is 1.96 bits per heavy atom. The summed E-state index contributed by atoms with van der Waals surface area (Å²) in [4.78, 5) is 7.94. The van der Waals surface area contributed by atoms with E-state index in [2.05, 4.69) is 30.7 Å². The topological polar surface area (TPSA) is 37.9 Å². The van der Waals surface area contributed by atoms with E-state index >= 15 is 0 Å². The minimum atomic E-state index is 0.392. The molecular weight excluding hydrogens is 343 g/mol. The monoisotopic (exact) mass is 362 g/mol. The van der Waals surface area contributed by atoms with Crippen LogP contribution >= 0.6 is 23.2 Å². The summed E-state index contributed by atoms with van der Waals surface area (Å²) >= 11 is 12.0.